The first kappa shape index (κ1) is 22.3. The minimum absolute atomic E-state index is 0.149. The van der Waals surface area contributed by atoms with Crippen LogP contribution in [0.2, 0.25) is 0 Å². The van der Waals surface area contributed by atoms with Crippen LogP contribution in [0, 0.1) is 0 Å². The number of pyridine rings is 1. The van der Waals surface area contributed by atoms with Gasteiger partial charge in [0, 0.05) is 36.3 Å². The van der Waals surface area contributed by atoms with Crippen molar-refractivity contribution in [2.24, 2.45) is 5.10 Å². The van der Waals surface area contributed by atoms with E-state index in [-0.39, 0.29) is 17.7 Å². The van der Waals surface area contributed by atoms with Crippen LogP contribution in [0.1, 0.15) is 30.9 Å². The molecule has 5 aromatic rings. The van der Waals surface area contributed by atoms with E-state index < -0.39 is 0 Å². The average molecular weight is 499 g/mol. The second kappa shape index (κ2) is 9.46. The lowest BCUT2D eigenvalue weighted by atomic mass is 10.1. The zero-order valence-electron chi connectivity index (χ0n) is 19.4. The molecular weight excluding hydrogens is 476 g/mol. The van der Waals surface area contributed by atoms with Crippen LogP contribution in [0.25, 0.3) is 22.4 Å². The Morgan fingerprint density at radius 2 is 1.97 bits per heavy atom. The second-order valence-electron chi connectivity index (χ2n) is 8.24. The van der Waals surface area contributed by atoms with Crippen LogP contribution < -0.4 is 0 Å². The number of hydrazone groups is 1. The first-order valence-electron chi connectivity index (χ1n) is 11.6. The molecule has 4 aromatic heterocycles. The SMILES string of the molecule is CCn1c(SCC(=O)N2N=C(c3cc4ccccc4o3)CC2c2ccco2)nnc1-c1ccncc1. The molecule has 1 atom stereocenters. The van der Waals surface area contributed by atoms with Gasteiger partial charge in [-0.3, -0.25) is 9.78 Å². The van der Waals surface area contributed by atoms with E-state index >= 15 is 0 Å². The molecule has 36 heavy (non-hydrogen) atoms. The fraction of sp³-hybridized carbons (Fsp3) is 0.192. The number of amides is 1. The number of benzene rings is 1. The molecule has 1 amide bonds. The van der Waals surface area contributed by atoms with Gasteiger partial charge in [-0.1, -0.05) is 30.0 Å². The molecule has 6 rings (SSSR count). The molecule has 9 nitrogen and oxygen atoms in total. The summed E-state index contributed by atoms with van der Waals surface area (Å²) in [5, 5.41) is 16.5. The highest BCUT2D eigenvalue weighted by Gasteiger charge is 2.36. The number of para-hydroxylation sites is 1. The molecule has 0 aliphatic carbocycles. The van der Waals surface area contributed by atoms with Crippen LogP contribution >= 0.6 is 11.8 Å². The Balaban J connectivity index is 1.25. The maximum Gasteiger partial charge on any atom is 0.253 e. The van der Waals surface area contributed by atoms with E-state index in [0.29, 0.717) is 35.4 Å². The molecule has 1 aliphatic rings. The Morgan fingerprint density at radius 1 is 1.11 bits per heavy atom. The summed E-state index contributed by atoms with van der Waals surface area (Å²) < 4.78 is 13.7. The Morgan fingerprint density at radius 3 is 2.75 bits per heavy atom. The van der Waals surface area contributed by atoms with Crippen LogP contribution in [0.4, 0.5) is 0 Å². The molecule has 10 heteroatoms. The lowest BCUT2D eigenvalue weighted by Crippen LogP contribution is -2.28. The summed E-state index contributed by atoms with van der Waals surface area (Å²) in [7, 11) is 0. The van der Waals surface area contributed by atoms with E-state index in [2.05, 4.69) is 20.3 Å². The van der Waals surface area contributed by atoms with Crippen LogP contribution in [-0.2, 0) is 11.3 Å². The molecule has 0 fully saturated rings. The Bertz CT molecular complexity index is 1510. The van der Waals surface area contributed by atoms with Crippen molar-refractivity contribution in [3.8, 4) is 11.4 Å². The molecule has 0 bridgehead atoms. The first-order valence-corrected chi connectivity index (χ1v) is 12.6. The largest absolute Gasteiger partial charge is 0.467 e. The van der Waals surface area contributed by atoms with Gasteiger partial charge in [0.2, 0.25) is 0 Å². The van der Waals surface area contributed by atoms with Gasteiger partial charge in [-0.15, -0.1) is 10.2 Å². The monoisotopic (exact) mass is 498 g/mol. The smallest absolute Gasteiger partial charge is 0.253 e. The topological polar surface area (TPSA) is 103 Å². The highest BCUT2D eigenvalue weighted by atomic mass is 32.2. The number of thioether (sulfide) groups is 1. The fourth-order valence-electron chi connectivity index (χ4n) is 4.30. The summed E-state index contributed by atoms with van der Waals surface area (Å²) in [6, 6.07) is 16.9. The van der Waals surface area contributed by atoms with Gasteiger partial charge in [0.05, 0.1) is 12.0 Å². The van der Waals surface area contributed by atoms with Gasteiger partial charge in [-0.05, 0) is 43.3 Å². The van der Waals surface area contributed by atoms with Crippen LogP contribution in [-0.4, -0.2) is 42.1 Å². The highest BCUT2D eigenvalue weighted by Crippen LogP contribution is 2.35. The van der Waals surface area contributed by atoms with Gasteiger partial charge in [0.15, 0.2) is 16.7 Å². The second-order valence-corrected chi connectivity index (χ2v) is 9.19. The van der Waals surface area contributed by atoms with Crippen LogP contribution in [0.5, 0.6) is 0 Å². The Hall–Kier alpha value is -4.18. The van der Waals surface area contributed by atoms with E-state index in [1.807, 2.05) is 66.1 Å². The number of furan rings is 2. The predicted octanol–water partition coefficient (Wildman–Crippen LogP) is 5.17. The third kappa shape index (κ3) is 4.09. The highest BCUT2D eigenvalue weighted by molar-refractivity contribution is 7.99. The standard InChI is InChI=1S/C26H22N6O3S/c1-2-31-25(17-9-11-27-12-10-17)28-29-26(31)36-16-24(33)32-20(22-8-5-13-34-22)15-19(30-32)23-14-18-6-3-4-7-21(18)35-23/h3-14,20H,2,15-16H2,1H3. The predicted molar refractivity (Wildman–Crippen MR) is 135 cm³/mol. The number of rotatable bonds is 7. The van der Waals surface area contributed by atoms with Crippen molar-refractivity contribution < 1.29 is 13.6 Å². The molecule has 5 heterocycles. The maximum atomic E-state index is 13.4. The lowest BCUT2D eigenvalue weighted by molar-refractivity contribution is -0.130. The van der Waals surface area contributed by atoms with Crippen molar-refractivity contribution in [3.05, 3.63) is 84.8 Å². The number of hydrogen-bond acceptors (Lipinski definition) is 8. The van der Waals surface area contributed by atoms with E-state index in [4.69, 9.17) is 8.83 Å². The summed E-state index contributed by atoms with van der Waals surface area (Å²) in [5.41, 5.74) is 2.42. The summed E-state index contributed by atoms with van der Waals surface area (Å²) in [4.78, 5) is 17.5. The molecule has 1 aromatic carbocycles. The van der Waals surface area contributed by atoms with Crippen molar-refractivity contribution in [2.75, 3.05) is 5.75 Å². The molecule has 0 radical (unpaired) electrons. The van der Waals surface area contributed by atoms with Gasteiger partial charge in [-0.2, -0.15) is 5.10 Å². The van der Waals surface area contributed by atoms with Gasteiger partial charge in [0.1, 0.15) is 23.1 Å². The van der Waals surface area contributed by atoms with Crippen LogP contribution in [0.15, 0.2) is 92.3 Å². The van der Waals surface area contributed by atoms with Gasteiger partial charge in [0.25, 0.3) is 5.91 Å². The van der Waals surface area contributed by atoms with E-state index in [0.717, 1.165) is 22.4 Å². The quantitative estimate of drug-likeness (QED) is 0.285. The van der Waals surface area contributed by atoms with Crippen molar-refractivity contribution in [3.63, 3.8) is 0 Å². The molecule has 0 saturated carbocycles. The van der Waals surface area contributed by atoms with Gasteiger partial charge < -0.3 is 13.4 Å². The summed E-state index contributed by atoms with van der Waals surface area (Å²) in [5.74, 6) is 2.09. The van der Waals surface area contributed by atoms with Gasteiger partial charge >= 0.3 is 0 Å². The first-order chi connectivity index (χ1) is 17.7. The van der Waals surface area contributed by atoms with Crippen molar-refractivity contribution >= 4 is 34.3 Å². The van der Waals surface area contributed by atoms with Crippen molar-refractivity contribution in [1.82, 2.24) is 24.8 Å². The van der Waals surface area contributed by atoms with Crippen molar-refractivity contribution in [1.29, 1.82) is 0 Å². The Kier molecular flexibility index (Phi) is 5.86. The number of aromatic nitrogens is 4. The number of carbonyl (C=O) groups is 1. The Labute approximate surface area is 210 Å². The average Bonchev–Trinajstić information content (AvgIpc) is 3.72. The summed E-state index contributed by atoms with van der Waals surface area (Å²) in [6.07, 6.45) is 5.55. The molecule has 0 spiro atoms. The van der Waals surface area contributed by atoms with E-state index in [9.17, 15) is 4.79 Å². The number of hydrogen-bond donors (Lipinski definition) is 0. The number of fused-ring (bicyclic) bond motifs is 1. The normalized spacial score (nSPS) is 15.5. The molecule has 180 valence electrons. The van der Waals surface area contributed by atoms with E-state index in [1.54, 1.807) is 18.7 Å². The lowest BCUT2D eigenvalue weighted by Gasteiger charge is -2.19. The zero-order valence-corrected chi connectivity index (χ0v) is 20.3. The maximum absolute atomic E-state index is 13.4. The minimum atomic E-state index is -0.340. The molecule has 1 unspecified atom stereocenters. The van der Waals surface area contributed by atoms with Gasteiger partial charge in [-0.25, -0.2) is 5.01 Å². The van der Waals surface area contributed by atoms with E-state index in [1.165, 1.54) is 16.8 Å². The zero-order chi connectivity index (χ0) is 24.5. The molecule has 1 aliphatic heterocycles. The molecule has 0 N–H and O–H groups in total. The van der Waals surface area contributed by atoms with Crippen molar-refractivity contribution in [2.45, 2.75) is 31.1 Å². The third-order valence-electron chi connectivity index (χ3n) is 6.04. The summed E-state index contributed by atoms with van der Waals surface area (Å²) >= 11 is 1.34. The number of nitrogens with zero attached hydrogens (tertiary/aromatic N) is 6. The molecule has 0 saturated heterocycles. The molecular formula is C26H22N6O3S. The van der Waals surface area contributed by atoms with Crippen LogP contribution in [0.3, 0.4) is 0 Å². The summed E-state index contributed by atoms with van der Waals surface area (Å²) in [6.45, 7) is 2.70. The minimum Gasteiger partial charge on any atom is -0.467 e. The number of carbonyl (C=O) groups excluding carboxylic acids is 1. The third-order valence-corrected chi connectivity index (χ3v) is 7.00. The fourth-order valence-corrected chi connectivity index (χ4v) is 5.16.